The number of fused-ring (bicyclic) bond motifs is 1. The van der Waals surface area contributed by atoms with Crippen LogP contribution < -0.4 is 0 Å². The molecule has 176 valence electrons. The molecule has 3 aromatic heterocycles. The van der Waals surface area contributed by atoms with Crippen LogP contribution in [-0.4, -0.2) is 38.9 Å². The Labute approximate surface area is 199 Å². The molecular weight excluding hydrogens is 476 g/mol. The minimum Gasteiger partial charge on any atom is -0.492 e. The number of aromatic nitrogens is 4. The van der Waals surface area contributed by atoms with Gasteiger partial charge in [0.25, 0.3) is 0 Å². The zero-order valence-electron chi connectivity index (χ0n) is 18.1. The first-order chi connectivity index (χ1) is 15.8. The lowest BCUT2D eigenvalue weighted by Crippen LogP contribution is -2.11. The largest absolute Gasteiger partial charge is 0.492 e. The molecule has 0 bridgehead atoms. The number of alkyl halides is 4. The molecule has 4 rings (SSSR count). The van der Waals surface area contributed by atoms with Gasteiger partial charge in [0.2, 0.25) is 0 Å². The molecule has 0 fully saturated rings. The van der Waals surface area contributed by atoms with Gasteiger partial charge in [-0.2, -0.15) is 18.3 Å². The summed E-state index contributed by atoms with van der Waals surface area (Å²) in [5.74, 6) is 0.278. The van der Waals surface area contributed by atoms with Crippen molar-refractivity contribution in [3.8, 4) is 11.1 Å². The highest BCUT2D eigenvalue weighted by Crippen LogP contribution is 2.31. The zero-order chi connectivity index (χ0) is 24.0. The third-order valence-electron chi connectivity index (χ3n) is 4.94. The Bertz CT molecular complexity index is 1190. The van der Waals surface area contributed by atoms with E-state index in [1.54, 1.807) is 23.2 Å². The highest BCUT2D eigenvalue weighted by atomic mass is 35.5. The molecule has 0 saturated carbocycles. The highest BCUT2D eigenvalue weighted by Gasteiger charge is 2.27. The Hall–Kier alpha value is -2.71. The van der Waals surface area contributed by atoms with E-state index < -0.39 is 19.2 Å². The molecule has 0 spiro atoms. The second-order valence-corrected chi connectivity index (χ2v) is 7.65. The van der Waals surface area contributed by atoms with Crippen molar-refractivity contribution < 1.29 is 17.9 Å². The zero-order valence-corrected chi connectivity index (χ0v) is 19.6. The Morgan fingerprint density at radius 3 is 2.70 bits per heavy atom. The number of nitrogens with one attached hydrogen (secondary N) is 1. The maximum absolute atomic E-state index is 12.4. The molecule has 1 N–H and O–H groups in total. The third kappa shape index (κ3) is 6.42. The lowest BCUT2D eigenvalue weighted by Gasteiger charge is -2.13. The van der Waals surface area contributed by atoms with E-state index in [1.807, 2.05) is 37.7 Å². The average Bonchev–Trinajstić information content (AvgIpc) is 3.35. The van der Waals surface area contributed by atoms with E-state index in [1.165, 1.54) is 6.38 Å². The molecule has 3 aromatic rings. The van der Waals surface area contributed by atoms with E-state index >= 15 is 0 Å². The van der Waals surface area contributed by atoms with Gasteiger partial charge in [0, 0.05) is 55.0 Å². The van der Waals surface area contributed by atoms with Crippen molar-refractivity contribution >= 4 is 34.2 Å². The summed E-state index contributed by atoms with van der Waals surface area (Å²) < 4.78 is 44.4. The topological polar surface area (TPSA) is 55.7 Å². The Morgan fingerprint density at radius 1 is 1.21 bits per heavy atom. The predicted molar refractivity (Wildman–Crippen MR) is 125 cm³/mol. The van der Waals surface area contributed by atoms with Crippen molar-refractivity contribution in [1.29, 1.82) is 0 Å². The highest BCUT2D eigenvalue weighted by molar-refractivity contribution is 6.32. The second-order valence-electron chi connectivity index (χ2n) is 7.27. The number of nitrogens with zero attached hydrogens (tertiary/aromatic N) is 3. The van der Waals surface area contributed by atoms with Crippen LogP contribution in [0.5, 0.6) is 0 Å². The van der Waals surface area contributed by atoms with Crippen molar-refractivity contribution in [3.63, 3.8) is 0 Å². The molecule has 0 amide bonds. The first kappa shape index (κ1) is 24.9. The molecule has 0 aromatic carbocycles. The van der Waals surface area contributed by atoms with Crippen LogP contribution in [0.3, 0.4) is 0 Å². The van der Waals surface area contributed by atoms with Gasteiger partial charge in [-0.15, -0.1) is 11.6 Å². The fourth-order valence-corrected chi connectivity index (χ4v) is 3.64. The Morgan fingerprint density at radius 2 is 2.00 bits per heavy atom. The second kappa shape index (κ2) is 10.9. The minimum atomic E-state index is -4.27. The molecule has 1 aliphatic carbocycles. The molecule has 0 radical (unpaired) electrons. The van der Waals surface area contributed by atoms with Crippen LogP contribution in [0.4, 0.5) is 13.2 Å². The van der Waals surface area contributed by atoms with Crippen molar-refractivity contribution in [2.24, 2.45) is 7.05 Å². The van der Waals surface area contributed by atoms with Crippen LogP contribution in [0.15, 0.2) is 65.4 Å². The van der Waals surface area contributed by atoms with Gasteiger partial charge in [-0.3, -0.25) is 4.68 Å². The third-order valence-corrected chi connectivity index (χ3v) is 5.36. The summed E-state index contributed by atoms with van der Waals surface area (Å²) in [5, 5.41) is 5.47. The predicted octanol–water partition coefficient (Wildman–Crippen LogP) is 6.67. The summed E-state index contributed by atoms with van der Waals surface area (Å²) in [6.45, 7) is -0.468. The van der Waals surface area contributed by atoms with Gasteiger partial charge in [-0.1, -0.05) is 23.8 Å². The fourth-order valence-electron chi connectivity index (χ4n) is 3.38. The number of aromatic amines is 1. The molecule has 33 heavy (non-hydrogen) atoms. The van der Waals surface area contributed by atoms with Gasteiger partial charge >= 0.3 is 6.18 Å². The van der Waals surface area contributed by atoms with Gasteiger partial charge in [0.05, 0.1) is 24.3 Å². The summed E-state index contributed by atoms with van der Waals surface area (Å²) in [7, 11) is 1.85. The van der Waals surface area contributed by atoms with E-state index in [9.17, 15) is 13.2 Å². The molecule has 3 heterocycles. The van der Waals surface area contributed by atoms with E-state index in [2.05, 4.69) is 26.7 Å². The standard InChI is InChI=1S/C22H20ClF3N4O.CH3Cl/c1-30-13-17(12-29-30)15-9-18-16(11-28-21(18)27-10-15)8-14-4-2-3-5-19(20(14)23)31-7-6-22(24,25)26;1-2/h2,4-5,9-13H,3,6-8H2,1H3,(H,27,28);1H3. The van der Waals surface area contributed by atoms with Crippen molar-refractivity contribution in [1.82, 2.24) is 19.7 Å². The maximum Gasteiger partial charge on any atom is 0.392 e. The Kier molecular flexibility index (Phi) is 8.26. The van der Waals surface area contributed by atoms with Crippen LogP contribution in [-0.2, 0) is 18.2 Å². The smallest absolute Gasteiger partial charge is 0.392 e. The summed E-state index contributed by atoms with van der Waals surface area (Å²) >= 11 is 11.2. The summed E-state index contributed by atoms with van der Waals surface area (Å²) in [6, 6.07) is 2.04. The number of halogens is 5. The molecule has 5 nitrogen and oxygen atoms in total. The van der Waals surface area contributed by atoms with Gasteiger partial charge in [0.1, 0.15) is 11.4 Å². The van der Waals surface area contributed by atoms with Crippen LogP contribution in [0.2, 0.25) is 0 Å². The number of hydrogen-bond donors (Lipinski definition) is 1. The minimum absolute atomic E-state index is 0.278. The average molecular weight is 499 g/mol. The summed E-state index contributed by atoms with van der Waals surface area (Å²) in [4.78, 5) is 7.66. The first-order valence-electron chi connectivity index (χ1n) is 10.1. The summed E-state index contributed by atoms with van der Waals surface area (Å²) in [5.41, 5.74) is 4.38. The molecule has 10 heteroatoms. The quantitative estimate of drug-likeness (QED) is 0.386. The fraction of sp³-hybridized carbons (Fsp3) is 0.304. The maximum atomic E-state index is 12.4. The lowest BCUT2D eigenvalue weighted by molar-refractivity contribution is -0.142. The van der Waals surface area contributed by atoms with Crippen LogP contribution in [0.1, 0.15) is 18.4 Å². The molecule has 0 saturated heterocycles. The number of ether oxygens (including phenoxy) is 1. The van der Waals surface area contributed by atoms with E-state index in [0.717, 1.165) is 33.3 Å². The van der Waals surface area contributed by atoms with E-state index in [-0.39, 0.29) is 5.76 Å². The monoisotopic (exact) mass is 498 g/mol. The number of allylic oxidation sites excluding steroid dienone is 5. The first-order valence-corrected chi connectivity index (χ1v) is 11.2. The lowest BCUT2D eigenvalue weighted by atomic mass is 10.0. The van der Waals surface area contributed by atoms with Gasteiger partial charge < -0.3 is 9.72 Å². The van der Waals surface area contributed by atoms with E-state index in [0.29, 0.717) is 17.9 Å². The molecule has 0 aliphatic heterocycles. The number of hydrogen-bond acceptors (Lipinski definition) is 3. The summed E-state index contributed by atoms with van der Waals surface area (Å²) in [6.07, 6.45) is 10.0. The van der Waals surface area contributed by atoms with Gasteiger partial charge in [-0.25, -0.2) is 4.98 Å². The van der Waals surface area contributed by atoms with Crippen molar-refractivity contribution in [3.05, 3.63) is 71.0 Å². The van der Waals surface area contributed by atoms with Crippen LogP contribution >= 0.6 is 23.2 Å². The van der Waals surface area contributed by atoms with Gasteiger partial charge in [0.15, 0.2) is 0 Å². The SMILES string of the molecule is CCl.Cn1cc(-c2cnc3[nH]cc(CC4=C(Cl)C(OCCC(F)(F)F)=CCC=C4)c3c2)cn1. The number of aryl methyl sites for hydroxylation is 1. The van der Waals surface area contributed by atoms with Crippen LogP contribution in [0, 0.1) is 0 Å². The normalized spacial score (nSPS) is 14.1. The van der Waals surface area contributed by atoms with Crippen LogP contribution in [0.25, 0.3) is 22.2 Å². The number of rotatable bonds is 6. The van der Waals surface area contributed by atoms with E-state index in [4.69, 9.17) is 16.3 Å². The molecule has 0 atom stereocenters. The van der Waals surface area contributed by atoms with Crippen molar-refractivity contribution in [2.75, 3.05) is 13.0 Å². The Balaban J connectivity index is 0.00000149. The molecular formula is C23H23Cl2F3N4O. The van der Waals surface area contributed by atoms with Crippen molar-refractivity contribution in [2.45, 2.75) is 25.4 Å². The number of H-pyrrole nitrogens is 1. The van der Waals surface area contributed by atoms with Gasteiger partial charge in [-0.05, 0) is 29.7 Å². The number of pyridine rings is 1. The molecule has 0 unspecified atom stereocenters. The molecule has 1 aliphatic rings.